The molecule has 3 aliphatic rings. The molecule has 0 radical (unpaired) electrons. The standard InChI is InChI=1S/C45H73NO14/c1-13-15-33-27(6)36(57-37-21-32(47)42(31(10)56-37)59-44(46)52)22-45(53,60-33)30(9)40(50)29(8)41-34(54-11)17-14-16-23(2)18-25(4)38(48)28(7)39(49)26(5)19-24(3)20-35(55-12)43(51)58-41/h13-17,19-20,25-34,36-42,47-50,53H,18,21-22H2,1-12H3,(H2,46,52)/b15-13+,17-14-,23-16+,24-19-,35-20-/t25?,26-,27-,28+,29?,30+,31-,32-,33-,34+,36-,37+,38+,39-,40?,41-,42-,45-/m1/s1. The number of carbonyl (C=O) groups excluding carboxylic acids is 2. The van der Waals surface area contributed by atoms with Crippen LogP contribution in [-0.2, 0) is 38.0 Å². The minimum absolute atomic E-state index is 0.0314. The molecule has 0 aromatic carbocycles. The quantitative estimate of drug-likeness (QED) is 0.131. The van der Waals surface area contributed by atoms with Crippen molar-refractivity contribution in [2.45, 2.75) is 162 Å². The van der Waals surface area contributed by atoms with E-state index < -0.39 is 103 Å². The summed E-state index contributed by atoms with van der Waals surface area (Å²) in [5.74, 6) is -6.06. The number of primary amides is 1. The Balaban J connectivity index is 1.99. The summed E-state index contributed by atoms with van der Waals surface area (Å²) in [5.41, 5.74) is 6.76. The molecule has 15 heteroatoms. The summed E-state index contributed by atoms with van der Waals surface area (Å²) < 4.78 is 41.3. The zero-order valence-electron chi connectivity index (χ0n) is 37.5. The molecule has 0 aromatic rings. The van der Waals surface area contributed by atoms with Crippen molar-refractivity contribution in [3.05, 3.63) is 59.4 Å². The number of esters is 1. The Morgan fingerprint density at radius 1 is 1.05 bits per heavy atom. The monoisotopic (exact) mass is 852 g/mol. The maximum Gasteiger partial charge on any atom is 0.404 e. The van der Waals surface area contributed by atoms with Crippen molar-refractivity contribution in [2.75, 3.05) is 14.2 Å². The van der Waals surface area contributed by atoms with Gasteiger partial charge in [-0.25, -0.2) is 9.59 Å². The van der Waals surface area contributed by atoms with Crippen LogP contribution in [0.5, 0.6) is 0 Å². The van der Waals surface area contributed by atoms with E-state index in [0.29, 0.717) is 12.0 Å². The number of allylic oxidation sites excluding steroid dienone is 6. The molecule has 60 heavy (non-hydrogen) atoms. The fourth-order valence-electron chi connectivity index (χ4n) is 8.64. The first-order chi connectivity index (χ1) is 28.1. The molecule has 0 spiro atoms. The third-order valence-electron chi connectivity index (χ3n) is 12.5. The number of aliphatic hydroxyl groups excluding tert-OH is 4. The summed E-state index contributed by atoms with van der Waals surface area (Å²) >= 11 is 0. The van der Waals surface area contributed by atoms with Crippen molar-refractivity contribution in [3.63, 3.8) is 0 Å². The summed E-state index contributed by atoms with van der Waals surface area (Å²) in [6.45, 7) is 18.0. The van der Waals surface area contributed by atoms with Crippen LogP contribution in [0.1, 0.15) is 88.5 Å². The molecule has 0 aromatic heterocycles. The van der Waals surface area contributed by atoms with Crippen LogP contribution in [0.2, 0.25) is 0 Å². The van der Waals surface area contributed by atoms with E-state index >= 15 is 0 Å². The Bertz CT molecular complexity index is 1550. The van der Waals surface area contributed by atoms with Crippen LogP contribution in [0.3, 0.4) is 0 Å². The number of carbonyl (C=O) groups is 2. The predicted molar refractivity (Wildman–Crippen MR) is 224 cm³/mol. The summed E-state index contributed by atoms with van der Waals surface area (Å²) in [6.07, 6.45) is 1.54. The molecule has 3 aliphatic heterocycles. The fourth-order valence-corrected chi connectivity index (χ4v) is 8.64. The number of hydrogen-bond donors (Lipinski definition) is 6. The number of ether oxygens (including phenoxy) is 7. The van der Waals surface area contributed by atoms with Crippen molar-refractivity contribution in [2.24, 2.45) is 41.2 Å². The topological polar surface area (TPSA) is 226 Å². The van der Waals surface area contributed by atoms with Crippen LogP contribution >= 0.6 is 0 Å². The number of aliphatic hydroxyl groups is 5. The molecular formula is C45H73NO14. The molecule has 0 aliphatic carbocycles. The van der Waals surface area contributed by atoms with Crippen LogP contribution in [0.4, 0.5) is 4.79 Å². The van der Waals surface area contributed by atoms with Gasteiger partial charge in [0.1, 0.15) is 12.2 Å². The number of cyclic esters (lactones) is 1. The first kappa shape index (κ1) is 51.2. The summed E-state index contributed by atoms with van der Waals surface area (Å²) in [5, 5.41) is 57.6. The minimum atomic E-state index is -1.97. The molecular weight excluding hydrogens is 778 g/mol. The number of hydrogen-bond acceptors (Lipinski definition) is 14. The smallest absolute Gasteiger partial charge is 0.404 e. The highest BCUT2D eigenvalue weighted by Crippen LogP contribution is 2.42. The van der Waals surface area contributed by atoms with E-state index in [0.717, 1.165) is 5.57 Å². The average molecular weight is 852 g/mol. The SMILES string of the molecule is C/C=C/[C@H]1O[C@@](O)([C@@H](C)C(O)C(C)[C@H]2OC(=O)/C(OC)=C/C(C)=C\[C@@H](C)[C@@H](O)[C@@H](C)[C@@H](O)C(C)C/C(C)=C/C=C\[C@@H]2OC)C[C@@H](O[C@H]2C[C@@H](O)[C@H](OC(N)=O)[C@@H](C)O2)[C@@H]1C. The lowest BCUT2D eigenvalue weighted by Crippen LogP contribution is -2.59. The Morgan fingerprint density at radius 3 is 2.30 bits per heavy atom. The van der Waals surface area contributed by atoms with E-state index in [1.165, 1.54) is 20.3 Å². The Labute approximate surface area is 356 Å². The van der Waals surface area contributed by atoms with Crippen molar-refractivity contribution in [1.82, 2.24) is 0 Å². The lowest BCUT2D eigenvalue weighted by Gasteiger charge is -2.49. The highest BCUT2D eigenvalue weighted by molar-refractivity contribution is 5.87. The molecule has 1 amide bonds. The van der Waals surface area contributed by atoms with Gasteiger partial charge in [0, 0.05) is 49.5 Å². The molecule has 3 unspecified atom stereocenters. The van der Waals surface area contributed by atoms with Crippen LogP contribution in [0, 0.1) is 35.5 Å². The van der Waals surface area contributed by atoms with Crippen molar-refractivity contribution in [1.29, 1.82) is 0 Å². The van der Waals surface area contributed by atoms with Gasteiger partial charge in [-0.2, -0.15) is 0 Å². The van der Waals surface area contributed by atoms with E-state index in [2.05, 4.69) is 0 Å². The van der Waals surface area contributed by atoms with Gasteiger partial charge in [0.05, 0.1) is 49.8 Å². The molecule has 2 saturated heterocycles. The molecule has 7 N–H and O–H groups in total. The van der Waals surface area contributed by atoms with Gasteiger partial charge in [-0.15, -0.1) is 0 Å². The number of methoxy groups -OCH3 is 2. The second-order valence-electron chi connectivity index (χ2n) is 17.3. The molecule has 18 atom stereocenters. The second kappa shape index (κ2) is 22.8. The summed E-state index contributed by atoms with van der Waals surface area (Å²) in [6, 6.07) is 0. The molecule has 2 fully saturated rings. The molecule has 3 heterocycles. The molecule has 3 rings (SSSR count). The maximum atomic E-state index is 13.9. The Hall–Kier alpha value is -3.12. The number of rotatable bonds is 10. The van der Waals surface area contributed by atoms with E-state index in [9.17, 15) is 35.1 Å². The third-order valence-corrected chi connectivity index (χ3v) is 12.5. The van der Waals surface area contributed by atoms with Gasteiger partial charge in [-0.3, -0.25) is 0 Å². The number of nitrogens with two attached hydrogens (primary N) is 1. The Morgan fingerprint density at radius 2 is 1.72 bits per heavy atom. The minimum Gasteiger partial charge on any atom is -0.490 e. The van der Waals surface area contributed by atoms with E-state index in [-0.39, 0.29) is 36.4 Å². The molecule has 342 valence electrons. The van der Waals surface area contributed by atoms with E-state index in [1.54, 1.807) is 58.1 Å². The maximum absolute atomic E-state index is 13.9. The first-order valence-corrected chi connectivity index (χ1v) is 21.1. The zero-order chi connectivity index (χ0) is 45.2. The van der Waals surface area contributed by atoms with E-state index in [1.807, 2.05) is 47.6 Å². The lowest BCUT2D eigenvalue weighted by molar-refractivity contribution is -0.338. The summed E-state index contributed by atoms with van der Waals surface area (Å²) in [7, 11) is 2.80. The van der Waals surface area contributed by atoms with Crippen molar-refractivity contribution >= 4 is 12.1 Å². The number of amides is 1. The average Bonchev–Trinajstić information content (AvgIpc) is 3.18. The van der Waals surface area contributed by atoms with Crippen LogP contribution in [0.25, 0.3) is 0 Å². The molecule has 0 bridgehead atoms. The van der Waals surface area contributed by atoms with Gasteiger partial charge in [-0.1, -0.05) is 89.1 Å². The first-order valence-electron chi connectivity index (χ1n) is 21.1. The second-order valence-corrected chi connectivity index (χ2v) is 17.3. The van der Waals surface area contributed by atoms with Gasteiger partial charge in [0.25, 0.3) is 0 Å². The highest BCUT2D eigenvalue weighted by atomic mass is 16.7. The largest absolute Gasteiger partial charge is 0.490 e. The fraction of sp³-hybridized carbons (Fsp3) is 0.733. The predicted octanol–water partition coefficient (Wildman–Crippen LogP) is 4.59. The third kappa shape index (κ3) is 13.2. The van der Waals surface area contributed by atoms with Crippen LogP contribution in [-0.4, -0.2) is 125 Å². The molecule has 15 nitrogen and oxygen atoms in total. The van der Waals surface area contributed by atoms with Gasteiger partial charge in [-0.05, 0) is 46.1 Å². The van der Waals surface area contributed by atoms with Gasteiger partial charge in [0.2, 0.25) is 5.76 Å². The van der Waals surface area contributed by atoms with Gasteiger partial charge in [0.15, 0.2) is 18.2 Å². The molecule has 0 saturated carbocycles. The highest BCUT2D eigenvalue weighted by Gasteiger charge is 2.52. The van der Waals surface area contributed by atoms with Crippen molar-refractivity contribution < 1.29 is 68.3 Å². The van der Waals surface area contributed by atoms with Gasteiger partial charge < -0.3 is 64.4 Å². The lowest BCUT2D eigenvalue weighted by atomic mass is 9.77. The van der Waals surface area contributed by atoms with Crippen LogP contribution < -0.4 is 5.73 Å². The van der Waals surface area contributed by atoms with Crippen LogP contribution in [0.15, 0.2) is 59.4 Å². The Kier molecular flexibility index (Phi) is 19.5. The van der Waals surface area contributed by atoms with Gasteiger partial charge >= 0.3 is 12.1 Å². The van der Waals surface area contributed by atoms with Crippen molar-refractivity contribution in [3.8, 4) is 0 Å². The summed E-state index contributed by atoms with van der Waals surface area (Å²) in [4.78, 5) is 25.3. The normalized spacial score (nSPS) is 42.7. The van der Waals surface area contributed by atoms with E-state index in [4.69, 9.17) is 38.9 Å². The zero-order valence-corrected chi connectivity index (χ0v) is 37.5.